The highest BCUT2D eigenvalue weighted by molar-refractivity contribution is 5.94. The average molecular weight is 383 g/mol. The molecule has 1 heterocycles. The molecular weight excluding hydrogens is 354 g/mol. The van der Waals surface area contributed by atoms with Gasteiger partial charge in [0.05, 0.1) is 14.2 Å². The van der Waals surface area contributed by atoms with Gasteiger partial charge in [-0.05, 0) is 43.3 Å². The number of amides is 1. The maximum atomic E-state index is 12.3. The Labute approximate surface area is 167 Å². The Morgan fingerprint density at radius 2 is 1.68 bits per heavy atom. The highest BCUT2D eigenvalue weighted by Crippen LogP contribution is 2.27. The quantitative estimate of drug-likeness (QED) is 0.711. The van der Waals surface area contributed by atoms with Crippen LogP contribution < -0.4 is 19.7 Å². The van der Waals surface area contributed by atoms with Crippen molar-refractivity contribution < 1.29 is 14.3 Å². The molecule has 0 spiro atoms. The zero-order chi connectivity index (χ0) is 19.8. The number of carbonyl (C=O) groups excluding carboxylic acids is 1. The molecule has 0 bridgehead atoms. The SMILES string of the molecule is COc1ccc(C(=O)NCCCN2CCN(c3ccccc3)CC2)cc1OC. The fourth-order valence-corrected chi connectivity index (χ4v) is 3.45. The predicted octanol–water partition coefficient (Wildman–Crippen LogP) is 2.65. The third-order valence-electron chi connectivity index (χ3n) is 5.08. The summed E-state index contributed by atoms with van der Waals surface area (Å²) in [6.45, 7) is 5.85. The molecule has 150 valence electrons. The van der Waals surface area contributed by atoms with Crippen LogP contribution in [0.1, 0.15) is 16.8 Å². The number of ether oxygens (including phenoxy) is 2. The van der Waals surface area contributed by atoms with E-state index in [1.165, 1.54) is 5.69 Å². The van der Waals surface area contributed by atoms with E-state index in [2.05, 4.69) is 45.4 Å². The molecule has 2 aromatic carbocycles. The van der Waals surface area contributed by atoms with Crippen LogP contribution in [0.4, 0.5) is 5.69 Å². The molecule has 0 unspecified atom stereocenters. The minimum atomic E-state index is -0.0881. The average Bonchev–Trinajstić information content (AvgIpc) is 2.77. The largest absolute Gasteiger partial charge is 0.493 e. The van der Waals surface area contributed by atoms with Crippen LogP contribution >= 0.6 is 0 Å². The second-order valence-electron chi connectivity index (χ2n) is 6.84. The molecule has 1 fully saturated rings. The third-order valence-corrected chi connectivity index (χ3v) is 5.08. The summed E-state index contributed by atoms with van der Waals surface area (Å²) in [5.74, 6) is 1.09. The molecule has 1 aliphatic heterocycles. The van der Waals surface area contributed by atoms with Gasteiger partial charge in [-0.25, -0.2) is 0 Å². The van der Waals surface area contributed by atoms with E-state index in [0.29, 0.717) is 23.6 Å². The number of para-hydroxylation sites is 1. The number of hydrogen-bond donors (Lipinski definition) is 1. The number of nitrogens with one attached hydrogen (secondary N) is 1. The second-order valence-corrected chi connectivity index (χ2v) is 6.84. The number of rotatable bonds is 8. The molecule has 0 radical (unpaired) electrons. The van der Waals surface area contributed by atoms with Crippen molar-refractivity contribution in [2.24, 2.45) is 0 Å². The molecule has 1 saturated heterocycles. The van der Waals surface area contributed by atoms with Crippen LogP contribution in [-0.2, 0) is 0 Å². The molecule has 1 aliphatic rings. The Hall–Kier alpha value is -2.73. The normalized spacial score (nSPS) is 14.6. The predicted molar refractivity (Wildman–Crippen MR) is 112 cm³/mol. The zero-order valence-corrected chi connectivity index (χ0v) is 16.7. The minimum Gasteiger partial charge on any atom is -0.493 e. The van der Waals surface area contributed by atoms with E-state index in [0.717, 1.165) is 39.1 Å². The van der Waals surface area contributed by atoms with Gasteiger partial charge >= 0.3 is 0 Å². The van der Waals surface area contributed by atoms with Gasteiger partial charge in [0.1, 0.15) is 0 Å². The third kappa shape index (κ3) is 5.16. The van der Waals surface area contributed by atoms with Gasteiger partial charge in [0.15, 0.2) is 11.5 Å². The van der Waals surface area contributed by atoms with Gasteiger partial charge in [0.2, 0.25) is 0 Å². The highest BCUT2D eigenvalue weighted by atomic mass is 16.5. The van der Waals surface area contributed by atoms with Gasteiger partial charge in [-0.15, -0.1) is 0 Å². The number of hydrogen-bond acceptors (Lipinski definition) is 5. The lowest BCUT2D eigenvalue weighted by Gasteiger charge is -2.36. The Balaban J connectivity index is 1.37. The molecule has 0 atom stereocenters. The van der Waals surface area contributed by atoms with Crippen LogP contribution in [-0.4, -0.2) is 64.3 Å². The molecule has 6 heteroatoms. The molecule has 0 aliphatic carbocycles. The van der Waals surface area contributed by atoms with Crippen molar-refractivity contribution in [3.05, 3.63) is 54.1 Å². The Kier molecular flexibility index (Phi) is 7.14. The number of carbonyl (C=O) groups is 1. The molecule has 0 saturated carbocycles. The Morgan fingerprint density at radius 3 is 2.36 bits per heavy atom. The van der Waals surface area contributed by atoms with E-state index in [1.54, 1.807) is 32.4 Å². The van der Waals surface area contributed by atoms with Crippen LogP contribution in [0.3, 0.4) is 0 Å². The van der Waals surface area contributed by atoms with Crippen molar-refractivity contribution >= 4 is 11.6 Å². The molecule has 2 aromatic rings. The second kappa shape index (κ2) is 9.99. The topological polar surface area (TPSA) is 54.0 Å². The fraction of sp³-hybridized carbons (Fsp3) is 0.409. The summed E-state index contributed by atoms with van der Waals surface area (Å²) in [6, 6.07) is 15.8. The molecule has 28 heavy (non-hydrogen) atoms. The van der Waals surface area contributed by atoms with Gasteiger partial charge in [-0.2, -0.15) is 0 Å². The van der Waals surface area contributed by atoms with Crippen molar-refractivity contribution in [1.82, 2.24) is 10.2 Å². The van der Waals surface area contributed by atoms with E-state index >= 15 is 0 Å². The van der Waals surface area contributed by atoms with E-state index < -0.39 is 0 Å². The summed E-state index contributed by atoms with van der Waals surface area (Å²) in [6.07, 6.45) is 0.935. The monoisotopic (exact) mass is 383 g/mol. The summed E-state index contributed by atoms with van der Waals surface area (Å²) in [5.41, 5.74) is 1.87. The van der Waals surface area contributed by atoms with Crippen LogP contribution in [0.2, 0.25) is 0 Å². The summed E-state index contributed by atoms with van der Waals surface area (Å²) in [7, 11) is 3.15. The fourth-order valence-electron chi connectivity index (χ4n) is 3.45. The van der Waals surface area contributed by atoms with Crippen molar-refractivity contribution in [1.29, 1.82) is 0 Å². The maximum absolute atomic E-state index is 12.3. The first-order valence-electron chi connectivity index (χ1n) is 9.74. The Bertz CT molecular complexity index is 759. The summed E-state index contributed by atoms with van der Waals surface area (Å²) >= 11 is 0. The van der Waals surface area contributed by atoms with Crippen molar-refractivity contribution in [2.45, 2.75) is 6.42 Å². The van der Waals surface area contributed by atoms with Gasteiger partial charge < -0.3 is 19.7 Å². The van der Waals surface area contributed by atoms with Crippen molar-refractivity contribution in [3.63, 3.8) is 0 Å². The number of anilines is 1. The van der Waals surface area contributed by atoms with E-state index in [1.807, 2.05) is 0 Å². The molecule has 6 nitrogen and oxygen atoms in total. The van der Waals surface area contributed by atoms with E-state index in [-0.39, 0.29) is 5.91 Å². The molecule has 0 aromatic heterocycles. The van der Waals surface area contributed by atoms with Gasteiger partial charge in [-0.3, -0.25) is 9.69 Å². The first-order chi connectivity index (χ1) is 13.7. The lowest BCUT2D eigenvalue weighted by Crippen LogP contribution is -2.47. The van der Waals surface area contributed by atoms with Gasteiger partial charge in [-0.1, -0.05) is 18.2 Å². The molecular formula is C22H29N3O3. The first-order valence-corrected chi connectivity index (χ1v) is 9.74. The number of piperazine rings is 1. The maximum Gasteiger partial charge on any atom is 0.251 e. The summed E-state index contributed by atoms with van der Waals surface area (Å²) < 4.78 is 10.5. The number of methoxy groups -OCH3 is 2. The van der Waals surface area contributed by atoms with Crippen LogP contribution in [0, 0.1) is 0 Å². The lowest BCUT2D eigenvalue weighted by molar-refractivity contribution is 0.0951. The van der Waals surface area contributed by atoms with Gasteiger partial charge in [0.25, 0.3) is 5.91 Å². The van der Waals surface area contributed by atoms with Crippen molar-refractivity contribution in [2.75, 3.05) is 58.4 Å². The van der Waals surface area contributed by atoms with E-state index in [9.17, 15) is 4.79 Å². The van der Waals surface area contributed by atoms with Crippen molar-refractivity contribution in [3.8, 4) is 11.5 Å². The smallest absolute Gasteiger partial charge is 0.251 e. The highest BCUT2D eigenvalue weighted by Gasteiger charge is 2.16. The number of nitrogens with zero attached hydrogens (tertiary/aromatic N) is 2. The lowest BCUT2D eigenvalue weighted by atomic mass is 10.2. The molecule has 3 rings (SSSR count). The summed E-state index contributed by atoms with van der Waals surface area (Å²) in [5, 5.41) is 2.99. The van der Waals surface area contributed by atoms with Gasteiger partial charge in [0, 0.05) is 44.0 Å². The first kappa shape index (κ1) is 20.0. The number of benzene rings is 2. The zero-order valence-electron chi connectivity index (χ0n) is 16.7. The summed E-state index contributed by atoms with van der Waals surface area (Å²) in [4.78, 5) is 17.2. The van der Waals surface area contributed by atoms with Crippen LogP contribution in [0.5, 0.6) is 11.5 Å². The minimum absolute atomic E-state index is 0.0881. The Morgan fingerprint density at radius 1 is 0.964 bits per heavy atom. The molecule has 1 amide bonds. The van der Waals surface area contributed by atoms with Crippen LogP contribution in [0.15, 0.2) is 48.5 Å². The van der Waals surface area contributed by atoms with Crippen LogP contribution in [0.25, 0.3) is 0 Å². The molecule has 1 N–H and O–H groups in total. The standard InChI is InChI=1S/C22H29N3O3/c1-27-20-10-9-18(17-21(20)28-2)22(26)23-11-6-12-24-13-15-25(16-14-24)19-7-4-3-5-8-19/h3-5,7-10,17H,6,11-16H2,1-2H3,(H,23,26). The van der Waals surface area contributed by atoms with E-state index in [4.69, 9.17) is 9.47 Å².